The minimum atomic E-state index is -4.22. The molecule has 0 radical (unpaired) electrons. The molecule has 2 aromatic carbocycles. The zero-order chi connectivity index (χ0) is 22.2. The smallest absolute Gasteiger partial charge is 0.326 e. The Hall–Kier alpha value is -2.91. The number of aryl methyl sites for hydroxylation is 1. The molecule has 1 heterocycles. The van der Waals surface area contributed by atoms with E-state index < -0.39 is 34.0 Å². The molecule has 1 saturated heterocycles. The van der Waals surface area contributed by atoms with Gasteiger partial charge in [-0.2, -0.15) is 8.42 Å². The summed E-state index contributed by atoms with van der Waals surface area (Å²) in [5.74, 6) is -1.38. The molecule has 1 aliphatic heterocycles. The van der Waals surface area contributed by atoms with Crippen molar-refractivity contribution in [3.8, 4) is 5.75 Å². The summed E-state index contributed by atoms with van der Waals surface area (Å²) in [6.07, 6.45) is 3.62. The predicted molar refractivity (Wildman–Crippen MR) is 115 cm³/mol. The van der Waals surface area contributed by atoms with Crippen molar-refractivity contribution >= 4 is 21.8 Å². The van der Waals surface area contributed by atoms with Gasteiger partial charge in [0.1, 0.15) is 24.6 Å². The first-order chi connectivity index (χ1) is 14.7. The molecular weight excluding hydrogens is 421 g/mol. The maximum Gasteiger partial charge on any atom is 0.326 e. The third kappa shape index (κ3) is 4.15. The van der Waals surface area contributed by atoms with Crippen LogP contribution >= 0.6 is 0 Å². The Bertz CT molecular complexity index is 1140. The summed E-state index contributed by atoms with van der Waals surface area (Å²) in [5, 5.41) is 0. The number of carbonyl (C=O) groups excluding carboxylic acids is 1. The zero-order valence-electron chi connectivity index (χ0n) is 16.9. The molecule has 1 amide bonds. The fraction of sp³-hybridized carbons (Fsp3) is 0.318. The molecule has 3 N–H and O–H groups in total. The van der Waals surface area contributed by atoms with Gasteiger partial charge in [-0.25, -0.2) is 13.4 Å². The topological polar surface area (TPSA) is 102 Å². The van der Waals surface area contributed by atoms with Crippen molar-refractivity contribution in [2.45, 2.75) is 37.8 Å². The summed E-state index contributed by atoms with van der Waals surface area (Å²) in [5.41, 5.74) is 7.44. The number of carbonyl (C=O) groups is 1. The van der Waals surface area contributed by atoms with Gasteiger partial charge in [0.15, 0.2) is 5.82 Å². The molecule has 4 rings (SSSR count). The molecule has 1 atom stereocenters. The van der Waals surface area contributed by atoms with Gasteiger partial charge >= 0.3 is 10.2 Å². The highest BCUT2D eigenvalue weighted by molar-refractivity contribution is 7.92. The van der Waals surface area contributed by atoms with Crippen molar-refractivity contribution in [3.05, 3.63) is 71.6 Å². The number of hydrogen-bond donors (Lipinski definition) is 2. The molecule has 0 aromatic heterocycles. The SMILES string of the molecule is C=CCC1(N)CCc2cc(OCc3ccccc3)c(N3CC(=O)NS3(=O)=O)c(F)c2C1. The van der Waals surface area contributed by atoms with E-state index in [2.05, 4.69) is 6.58 Å². The monoisotopic (exact) mass is 445 g/mol. The van der Waals surface area contributed by atoms with E-state index >= 15 is 4.39 Å². The van der Waals surface area contributed by atoms with Crippen LogP contribution in [-0.4, -0.2) is 26.4 Å². The van der Waals surface area contributed by atoms with E-state index in [0.29, 0.717) is 24.8 Å². The maximum atomic E-state index is 15.8. The minimum Gasteiger partial charge on any atom is -0.487 e. The van der Waals surface area contributed by atoms with E-state index in [9.17, 15) is 13.2 Å². The minimum absolute atomic E-state index is 0.0772. The van der Waals surface area contributed by atoms with Crippen LogP contribution in [0.2, 0.25) is 0 Å². The van der Waals surface area contributed by atoms with E-state index in [1.165, 1.54) is 0 Å². The van der Waals surface area contributed by atoms with Gasteiger partial charge in [-0.3, -0.25) is 4.79 Å². The van der Waals surface area contributed by atoms with Crippen LogP contribution in [0.15, 0.2) is 49.1 Å². The summed E-state index contributed by atoms with van der Waals surface area (Å²) in [4.78, 5) is 11.8. The van der Waals surface area contributed by atoms with Gasteiger partial charge in [-0.1, -0.05) is 36.4 Å². The Labute approximate surface area is 180 Å². The third-order valence-electron chi connectivity index (χ3n) is 5.68. The van der Waals surface area contributed by atoms with Crippen LogP contribution in [-0.2, 0) is 34.5 Å². The second-order valence-corrected chi connectivity index (χ2v) is 9.61. The summed E-state index contributed by atoms with van der Waals surface area (Å²) >= 11 is 0. The summed E-state index contributed by atoms with van der Waals surface area (Å²) < 4.78 is 49.3. The van der Waals surface area contributed by atoms with E-state index in [1.54, 1.807) is 12.1 Å². The second kappa shape index (κ2) is 7.97. The van der Waals surface area contributed by atoms with E-state index in [4.69, 9.17) is 10.5 Å². The van der Waals surface area contributed by atoms with Gasteiger partial charge in [-0.05, 0) is 48.4 Å². The molecule has 0 spiro atoms. The first-order valence-electron chi connectivity index (χ1n) is 9.96. The number of ether oxygens (including phenoxy) is 1. The number of benzene rings is 2. The lowest BCUT2D eigenvalue weighted by Crippen LogP contribution is -2.45. The first kappa shape index (κ1) is 21.3. The van der Waals surface area contributed by atoms with Gasteiger partial charge in [-0.15, -0.1) is 6.58 Å². The standard InChI is InChI=1S/C22H24FN3O4S/c1-2-9-22(24)10-8-16-11-18(30-14-15-6-4-3-5-7-15)21(20(23)17(16)12-22)26-13-19(27)25-31(26,28)29/h2-7,11H,1,8-10,12-14,24H2,(H,25,27). The number of anilines is 1. The van der Waals surface area contributed by atoms with E-state index in [-0.39, 0.29) is 24.5 Å². The Morgan fingerprint density at radius 1 is 1.32 bits per heavy atom. The van der Waals surface area contributed by atoms with Crippen LogP contribution < -0.4 is 19.5 Å². The van der Waals surface area contributed by atoms with E-state index in [1.807, 2.05) is 35.1 Å². The third-order valence-corrected chi connectivity index (χ3v) is 7.06. The Balaban J connectivity index is 1.79. The van der Waals surface area contributed by atoms with Crippen LogP contribution in [0.5, 0.6) is 5.75 Å². The average Bonchev–Trinajstić information content (AvgIpc) is 2.99. The lowest BCUT2D eigenvalue weighted by Gasteiger charge is -2.35. The van der Waals surface area contributed by atoms with Gasteiger partial charge in [0, 0.05) is 5.54 Å². The van der Waals surface area contributed by atoms with Crippen LogP contribution in [0.4, 0.5) is 10.1 Å². The number of amides is 1. The van der Waals surface area contributed by atoms with Gasteiger partial charge in [0.05, 0.1) is 0 Å². The first-order valence-corrected chi connectivity index (χ1v) is 11.4. The largest absolute Gasteiger partial charge is 0.487 e. The Kier molecular flexibility index (Phi) is 5.49. The number of nitrogens with one attached hydrogen (secondary N) is 1. The van der Waals surface area contributed by atoms with Crippen molar-refractivity contribution in [3.63, 3.8) is 0 Å². The van der Waals surface area contributed by atoms with E-state index in [0.717, 1.165) is 15.4 Å². The molecule has 9 heteroatoms. The van der Waals surface area contributed by atoms with Crippen LogP contribution in [0.3, 0.4) is 0 Å². The lowest BCUT2D eigenvalue weighted by molar-refractivity contribution is -0.117. The van der Waals surface area contributed by atoms with Crippen molar-refractivity contribution in [1.29, 1.82) is 0 Å². The summed E-state index contributed by atoms with van der Waals surface area (Å²) in [7, 11) is -4.22. The molecular formula is C22H24FN3O4S. The molecule has 0 bridgehead atoms. The van der Waals surface area contributed by atoms with Crippen LogP contribution in [0.1, 0.15) is 29.5 Å². The number of nitrogens with two attached hydrogens (primary N) is 1. The molecule has 1 unspecified atom stereocenters. The number of hydrogen-bond acceptors (Lipinski definition) is 5. The normalized spacial score (nSPS) is 22.0. The maximum absolute atomic E-state index is 15.8. The van der Waals surface area contributed by atoms with Crippen molar-refractivity contribution in [2.75, 3.05) is 10.8 Å². The molecule has 1 fully saturated rings. The Morgan fingerprint density at radius 2 is 2.06 bits per heavy atom. The highest BCUT2D eigenvalue weighted by Crippen LogP contribution is 2.42. The lowest BCUT2D eigenvalue weighted by atomic mass is 9.76. The van der Waals surface area contributed by atoms with Crippen molar-refractivity contribution in [2.24, 2.45) is 5.73 Å². The molecule has 0 saturated carbocycles. The molecule has 2 aromatic rings. The highest BCUT2D eigenvalue weighted by Gasteiger charge is 2.40. The quantitative estimate of drug-likeness (QED) is 0.665. The molecule has 31 heavy (non-hydrogen) atoms. The van der Waals surface area contributed by atoms with Crippen LogP contribution in [0.25, 0.3) is 0 Å². The predicted octanol–water partition coefficient (Wildman–Crippen LogP) is 2.35. The van der Waals surface area contributed by atoms with Gasteiger partial charge < -0.3 is 10.5 Å². The number of fused-ring (bicyclic) bond motifs is 1. The highest BCUT2D eigenvalue weighted by atomic mass is 32.2. The Morgan fingerprint density at radius 3 is 2.71 bits per heavy atom. The molecule has 7 nitrogen and oxygen atoms in total. The second-order valence-electron chi connectivity index (χ2n) is 8.02. The zero-order valence-corrected chi connectivity index (χ0v) is 17.8. The fourth-order valence-electron chi connectivity index (χ4n) is 4.13. The van der Waals surface area contributed by atoms with Crippen LogP contribution in [0, 0.1) is 5.82 Å². The molecule has 1 aliphatic carbocycles. The van der Waals surface area contributed by atoms with Gasteiger partial charge in [0.25, 0.3) is 5.91 Å². The molecule has 164 valence electrons. The number of nitrogens with zero attached hydrogens (tertiary/aromatic N) is 1. The molecule has 2 aliphatic rings. The van der Waals surface area contributed by atoms with Crippen molar-refractivity contribution < 1.29 is 22.3 Å². The fourth-order valence-corrected chi connectivity index (χ4v) is 5.29. The number of rotatable bonds is 6. The van der Waals surface area contributed by atoms with Crippen molar-refractivity contribution in [1.82, 2.24) is 4.72 Å². The number of halogens is 1. The summed E-state index contributed by atoms with van der Waals surface area (Å²) in [6, 6.07) is 10.9. The summed E-state index contributed by atoms with van der Waals surface area (Å²) in [6.45, 7) is 3.34. The average molecular weight is 446 g/mol. The van der Waals surface area contributed by atoms with Gasteiger partial charge in [0.2, 0.25) is 0 Å².